The number of anilines is 1. The summed E-state index contributed by atoms with van der Waals surface area (Å²) < 4.78 is 19.2. The number of hydrogen-bond donors (Lipinski definition) is 3. The maximum Gasteiger partial charge on any atom is 0.193 e. The zero-order valence-corrected chi connectivity index (χ0v) is 24.9. The van der Waals surface area contributed by atoms with Crippen LogP contribution in [0.25, 0.3) is 0 Å². The Bertz CT molecular complexity index is 1510. The predicted molar refractivity (Wildman–Crippen MR) is 163 cm³/mol. The number of ketones is 1. The average molecular weight is 584 g/mol. The van der Waals surface area contributed by atoms with Gasteiger partial charge in [0, 0.05) is 34.1 Å². The molecule has 0 bridgehead atoms. The highest BCUT2D eigenvalue weighted by Crippen LogP contribution is 2.70. The minimum absolute atomic E-state index is 0.0351. The third-order valence-corrected chi connectivity index (χ3v) is 11.4. The number of aliphatic hydroxyl groups excluding tert-OH is 2. The number of Topliss-reactive ketones (excluding diaryl/α,β-unsaturated/α-hetero) is 1. The Labute approximate surface area is 253 Å². The Hall–Kier alpha value is -3.23. The van der Waals surface area contributed by atoms with Crippen molar-refractivity contribution >= 4 is 11.5 Å². The van der Waals surface area contributed by atoms with Gasteiger partial charge in [0.1, 0.15) is 19.0 Å². The van der Waals surface area contributed by atoms with E-state index in [-0.39, 0.29) is 29.0 Å². The van der Waals surface area contributed by atoms with Crippen LogP contribution in [-0.2, 0) is 20.9 Å². The summed E-state index contributed by atoms with van der Waals surface area (Å²) in [4.78, 5) is 13.8. The fraction of sp³-hybridized carbons (Fsp3) is 0.472. The highest BCUT2D eigenvalue weighted by Gasteiger charge is 2.75. The summed E-state index contributed by atoms with van der Waals surface area (Å²) in [5, 5.41) is 22.1. The number of nitrogens with two attached hydrogens (primary N) is 1. The van der Waals surface area contributed by atoms with E-state index in [1.807, 2.05) is 42.5 Å². The summed E-state index contributed by atoms with van der Waals surface area (Å²) in [6, 6.07) is 15.1. The molecule has 43 heavy (non-hydrogen) atoms. The van der Waals surface area contributed by atoms with E-state index in [9.17, 15) is 15.0 Å². The van der Waals surface area contributed by atoms with Gasteiger partial charge in [0.2, 0.25) is 0 Å². The normalized spacial score (nSPS) is 39.3. The lowest BCUT2D eigenvalue weighted by atomic mass is 9.46. The summed E-state index contributed by atoms with van der Waals surface area (Å²) in [6.07, 6.45) is 7.54. The quantitative estimate of drug-likeness (QED) is 0.389. The van der Waals surface area contributed by atoms with Crippen molar-refractivity contribution in [3.05, 3.63) is 95.6 Å². The second-order valence-electron chi connectivity index (χ2n) is 13.6. The Morgan fingerprint density at radius 1 is 1.19 bits per heavy atom. The Kier molecular flexibility index (Phi) is 6.74. The van der Waals surface area contributed by atoms with Crippen LogP contribution in [-0.4, -0.2) is 40.4 Å². The molecule has 226 valence electrons. The first-order chi connectivity index (χ1) is 20.6. The molecule has 1 saturated heterocycles. The fourth-order valence-corrected chi connectivity index (χ4v) is 9.45. The molecule has 3 saturated carbocycles. The van der Waals surface area contributed by atoms with Crippen molar-refractivity contribution in [1.29, 1.82) is 0 Å². The summed E-state index contributed by atoms with van der Waals surface area (Å²) >= 11 is 0. The van der Waals surface area contributed by atoms with Gasteiger partial charge >= 0.3 is 0 Å². The van der Waals surface area contributed by atoms with Gasteiger partial charge in [0.15, 0.2) is 17.7 Å². The van der Waals surface area contributed by atoms with Crippen molar-refractivity contribution in [3.8, 4) is 5.75 Å². The molecule has 0 radical (unpaired) electrons. The number of ether oxygens (including phenoxy) is 3. The molecule has 4 fully saturated rings. The fourth-order valence-electron chi connectivity index (χ4n) is 9.45. The van der Waals surface area contributed by atoms with Gasteiger partial charge in [-0.05, 0) is 60.8 Å². The van der Waals surface area contributed by atoms with Crippen LogP contribution in [0, 0.1) is 28.6 Å². The molecule has 7 heteroatoms. The number of hydrogen-bond acceptors (Lipinski definition) is 7. The minimum Gasteiger partial charge on any atom is -0.489 e. The monoisotopic (exact) mass is 583 g/mol. The van der Waals surface area contributed by atoms with Crippen LogP contribution in [0.15, 0.2) is 84.5 Å². The molecule has 7 nitrogen and oxygen atoms in total. The molecule has 1 heterocycles. The SMILES string of the molecule is C=C1C=C[C@@]2(C)C(=C1)CC[C@@H]1[C@@H]2[C@@H](O)C[C@@]2(C)[C@H]1C[C@H]1O[C@H](c3ccc(COc4cccc(N)c4)cc3)O[C@]12C(=O)CO. The first-order valence-electron chi connectivity index (χ1n) is 15.4. The molecule has 9 atom stereocenters. The van der Waals surface area contributed by atoms with Gasteiger partial charge in [-0.15, -0.1) is 0 Å². The second kappa shape index (κ2) is 10.2. The third-order valence-electron chi connectivity index (χ3n) is 11.4. The molecule has 2 aromatic rings. The van der Waals surface area contributed by atoms with Gasteiger partial charge in [-0.25, -0.2) is 0 Å². The highest BCUT2D eigenvalue weighted by atomic mass is 16.7. The van der Waals surface area contributed by atoms with Crippen LogP contribution in [0.5, 0.6) is 5.75 Å². The lowest BCUT2D eigenvalue weighted by Gasteiger charge is -2.59. The molecule has 4 aliphatic carbocycles. The molecule has 0 unspecified atom stereocenters. The van der Waals surface area contributed by atoms with Gasteiger partial charge in [0.05, 0.1) is 12.2 Å². The van der Waals surface area contributed by atoms with Crippen LogP contribution in [0.4, 0.5) is 5.69 Å². The van der Waals surface area contributed by atoms with E-state index in [2.05, 4.69) is 38.7 Å². The van der Waals surface area contributed by atoms with Gasteiger partial charge in [-0.3, -0.25) is 4.79 Å². The maximum absolute atomic E-state index is 13.8. The van der Waals surface area contributed by atoms with Crippen molar-refractivity contribution < 1.29 is 29.2 Å². The molecular weight excluding hydrogens is 542 g/mol. The Morgan fingerprint density at radius 3 is 2.72 bits per heavy atom. The molecule has 4 N–H and O–H groups in total. The van der Waals surface area contributed by atoms with E-state index in [4.69, 9.17) is 19.9 Å². The summed E-state index contributed by atoms with van der Waals surface area (Å²) in [5.41, 5.74) is 8.34. The molecule has 0 spiro atoms. The molecule has 7 rings (SSSR count). The van der Waals surface area contributed by atoms with Crippen LogP contribution in [0.3, 0.4) is 0 Å². The van der Waals surface area contributed by atoms with Crippen molar-refractivity contribution in [3.63, 3.8) is 0 Å². The lowest BCUT2D eigenvalue weighted by Crippen LogP contribution is -2.63. The van der Waals surface area contributed by atoms with Crippen LogP contribution in [0.2, 0.25) is 0 Å². The van der Waals surface area contributed by atoms with E-state index in [0.717, 1.165) is 29.5 Å². The smallest absolute Gasteiger partial charge is 0.193 e. The summed E-state index contributed by atoms with van der Waals surface area (Å²) in [5.74, 6) is 0.691. The molecular formula is C36H41NO6. The van der Waals surface area contributed by atoms with Crippen LogP contribution >= 0.6 is 0 Å². The first kappa shape index (κ1) is 28.5. The molecule has 5 aliphatic rings. The summed E-state index contributed by atoms with van der Waals surface area (Å²) in [7, 11) is 0. The van der Waals surface area contributed by atoms with E-state index in [0.29, 0.717) is 30.9 Å². The van der Waals surface area contributed by atoms with Crippen molar-refractivity contribution in [2.75, 3.05) is 12.3 Å². The maximum atomic E-state index is 13.8. The third kappa shape index (κ3) is 4.20. The molecule has 0 aromatic heterocycles. The van der Waals surface area contributed by atoms with Gasteiger partial charge in [-0.1, -0.05) is 74.6 Å². The standard InChI is InChI=1S/C36H41NO6/c1-21-13-14-34(2)24(15-21)11-12-27-28-17-31-36(30(40)19-38,35(28,3)18-29(39)32(27)34)43-33(42-31)23-9-7-22(8-10-23)20-41-26-6-4-5-25(37)16-26/h4-10,13-16,27-29,31-33,38-39H,1,11-12,17-20,37H2,2-3H3/t27-,28-,29-,31+,32+,33-,34-,35-,36+/m0/s1. The van der Waals surface area contributed by atoms with Crippen molar-refractivity contribution in [1.82, 2.24) is 0 Å². The number of benzene rings is 2. The topological polar surface area (TPSA) is 111 Å². The minimum atomic E-state index is -1.33. The number of carbonyl (C=O) groups is 1. The van der Waals surface area contributed by atoms with Gasteiger partial charge in [0.25, 0.3) is 0 Å². The summed E-state index contributed by atoms with van der Waals surface area (Å²) in [6.45, 7) is 8.20. The highest BCUT2D eigenvalue weighted by molar-refractivity contribution is 5.91. The molecule has 0 amide bonds. The van der Waals surface area contributed by atoms with Crippen LogP contribution < -0.4 is 10.5 Å². The van der Waals surface area contributed by atoms with Gasteiger partial charge in [-0.2, -0.15) is 0 Å². The lowest BCUT2D eigenvalue weighted by molar-refractivity contribution is -0.201. The second-order valence-corrected chi connectivity index (χ2v) is 13.6. The van der Waals surface area contributed by atoms with E-state index in [1.165, 1.54) is 5.57 Å². The first-order valence-corrected chi connectivity index (χ1v) is 15.4. The number of nitrogen functional groups attached to an aromatic ring is 1. The van der Waals surface area contributed by atoms with E-state index in [1.54, 1.807) is 6.07 Å². The largest absolute Gasteiger partial charge is 0.489 e. The Morgan fingerprint density at radius 2 is 1.98 bits per heavy atom. The number of fused-ring (bicyclic) bond motifs is 7. The predicted octanol–water partition coefficient (Wildman–Crippen LogP) is 5.44. The molecule has 1 aliphatic heterocycles. The van der Waals surface area contributed by atoms with Gasteiger partial charge < -0.3 is 30.2 Å². The zero-order valence-electron chi connectivity index (χ0n) is 24.9. The van der Waals surface area contributed by atoms with E-state index >= 15 is 0 Å². The van der Waals surface area contributed by atoms with Crippen molar-refractivity contribution in [2.24, 2.45) is 28.6 Å². The number of carbonyl (C=O) groups excluding carboxylic acids is 1. The number of aliphatic hydroxyl groups is 2. The Balaban J connectivity index is 1.14. The molecule has 2 aromatic carbocycles. The van der Waals surface area contributed by atoms with E-state index < -0.39 is 36.1 Å². The van der Waals surface area contributed by atoms with Crippen molar-refractivity contribution in [2.45, 2.75) is 70.2 Å². The zero-order chi connectivity index (χ0) is 30.1. The van der Waals surface area contributed by atoms with Crippen LogP contribution in [0.1, 0.15) is 56.9 Å². The average Bonchev–Trinajstić information content (AvgIpc) is 3.49. The number of rotatable bonds is 6. The number of allylic oxidation sites excluding steroid dienone is 5.